The van der Waals surface area contributed by atoms with Gasteiger partial charge in [-0.05, 0) is 0 Å². The van der Waals surface area contributed by atoms with Gasteiger partial charge in [0.25, 0.3) is 0 Å². The summed E-state index contributed by atoms with van der Waals surface area (Å²) in [6.07, 6.45) is 0. The van der Waals surface area contributed by atoms with Crippen LogP contribution >= 0.6 is 120 Å². The van der Waals surface area contributed by atoms with Gasteiger partial charge in [-0.15, -0.1) is 120 Å². The minimum atomic E-state index is 0. The summed E-state index contributed by atoms with van der Waals surface area (Å²) < 4.78 is 0. The molecule has 0 N–H and O–H groups in total. The molecule has 0 aliphatic rings. The summed E-state index contributed by atoms with van der Waals surface area (Å²) in [6.45, 7) is 0. The van der Waals surface area contributed by atoms with Crippen LogP contribution in [0.25, 0.3) is 0 Å². The van der Waals surface area contributed by atoms with Crippen molar-refractivity contribution < 1.29 is 0 Å². The maximum absolute atomic E-state index is 0. The molecular formula is H8AsI5. The van der Waals surface area contributed by atoms with E-state index in [1.54, 1.807) is 0 Å². The Kier molecular flexibility index (Phi) is 285. The van der Waals surface area contributed by atoms with Crippen molar-refractivity contribution in [2.45, 2.75) is 0 Å². The van der Waals surface area contributed by atoms with E-state index >= 15 is 0 Å². The van der Waals surface area contributed by atoms with Gasteiger partial charge in [-0.25, -0.2) is 0 Å². The Balaban J connectivity index is 0. The molecule has 0 nitrogen and oxygen atoms in total. The van der Waals surface area contributed by atoms with Gasteiger partial charge < -0.3 is 0 Å². The Morgan fingerprint density at radius 3 is 0.333 bits per heavy atom. The van der Waals surface area contributed by atoms with Crippen molar-refractivity contribution in [2.75, 3.05) is 0 Å². The zero-order valence-corrected chi connectivity index (χ0v) is 17.4. The molecule has 0 rings (SSSR count). The molecule has 0 saturated heterocycles. The first kappa shape index (κ1) is 48.9. The normalized spacial score (nSPS) is 0. The number of rotatable bonds is 0. The molecule has 0 radical (unpaired) electrons. The predicted molar refractivity (Wildman–Crippen MR) is 87.0 cm³/mol. The van der Waals surface area contributed by atoms with Gasteiger partial charge in [-0.1, -0.05) is 0 Å². The first-order valence-corrected chi connectivity index (χ1v) is 0. The Morgan fingerprint density at radius 1 is 0.333 bits per heavy atom. The molecular weight excluding hydrogens is 709 g/mol. The number of hydrogen-bond donors (Lipinski definition) is 0. The predicted octanol–water partition coefficient (Wildman–Crippen LogP) is 1.91. The van der Waals surface area contributed by atoms with E-state index in [2.05, 4.69) is 0 Å². The van der Waals surface area contributed by atoms with Crippen LogP contribution in [0.1, 0.15) is 0 Å². The zero-order valence-electron chi connectivity index (χ0n) is 2.75. The Morgan fingerprint density at radius 2 is 0.333 bits per heavy atom. The second-order valence-electron chi connectivity index (χ2n) is 0. The summed E-state index contributed by atoms with van der Waals surface area (Å²) in [5, 5.41) is 0. The topological polar surface area (TPSA) is 0 Å². The summed E-state index contributed by atoms with van der Waals surface area (Å²) >= 11 is 0. The van der Waals surface area contributed by atoms with E-state index in [0.29, 0.717) is 0 Å². The van der Waals surface area contributed by atoms with Crippen LogP contribution < -0.4 is 0 Å². The molecule has 0 aromatic rings. The first-order valence-electron chi connectivity index (χ1n) is 0. The number of hydrogen-bond acceptors (Lipinski definition) is 0. The molecule has 0 aromatic carbocycles. The third-order valence-electron chi connectivity index (χ3n) is 0. The van der Waals surface area contributed by atoms with Crippen LogP contribution in [-0.2, 0) is 0 Å². The summed E-state index contributed by atoms with van der Waals surface area (Å²) in [5.41, 5.74) is 0. The molecule has 0 amide bonds. The van der Waals surface area contributed by atoms with Crippen molar-refractivity contribution in [1.29, 1.82) is 0 Å². The summed E-state index contributed by atoms with van der Waals surface area (Å²) in [4.78, 5) is 0. The van der Waals surface area contributed by atoms with Crippen LogP contribution in [0.2, 0.25) is 0 Å². The molecule has 6 heavy (non-hydrogen) atoms. The second kappa shape index (κ2) is 35.0. The summed E-state index contributed by atoms with van der Waals surface area (Å²) in [5.74, 6) is 0. The molecule has 0 aliphatic heterocycles. The van der Waals surface area contributed by atoms with Crippen LogP contribution in [0.15, 0.2) is 0 Å². The van der Waals surface area contributed by atoms with Gasteiger partial charge in [0.2, 0.25) is 0 Å². The second-order valence-corrected chi connectivity index (χ2v) is 0. The Labute approximate surface area is 135 Å². The average molecular weight is 718 g/mol. The van der Waals surface area contributed by atoms with Gasteiger partial charge in [0.15, 0.2) is 0 Å². The van der Waals surface area contributed by atoms with Gasteiger partial charge in [0.1, 0.15) is 0 Å². The molecule has 0 bridgehead atoms. The SMILES string of the molecule is I.I.I.I.I.[AsH3]. The van der Waals surface area contributed by atoms with Crippen molar-refractivity contribution in [1.82, 2.24) is 0 Å². The van der Waals surface area contributed by atoms with E-state index in [1.807, 2.05) is 0 Å². The standard InChI is InChI=1S/AsH3.5HI/h1H3;5*1H. The van der Waals surface area contributed by atoms with E-state index < -0.39 is 0 Å². The number of halogens is 5. The Hall–Kier alpha value is 4.21. The van der Waals surface area contributed by atoms with Gasteiger partial charge in [0, 0.05) is 0 Å². The molecule has 0 aromatic heterocycles. The van der Waals surface area contributed by atoms with E-state index in [9.17, 15) is 0 Å². The van der Waals surface area contributed by atoms with Crippen LogP contribution in [0.5, 0.6) is 0 Å². The molecule has 1 unspecified atom stereocenters. The molecule has 0 spiro atoms. The molecule has 6 heteroatoms. The van der Waals surface area contributed by atoms with Crippen LogP contribution in [0.4, 0.5) is 0 Å². The van der Waals surface area contributed by atoms with Gasteiger partial charge in [-0.3, -0.25) is 0 Å². The fraction of sp³-hybridized carbons (Fsp3) is 0. The summed E-state index contributed by atoms with van der Waals surface area (Å²) in [7, 11) is 0. The Bertz CT molecular complexity index is 3.90. The molecule has 0 heterocycles. The van der Waals surface area contributed by atoms with Crippen molar-refractivity contribution >= 4 is 138 Å². The minimum absolute atomic E-state index is 0. The van der Waals surface area contributed by atoms with Crippen LogP contribution in [0.3, 0.4) is 0 Å². The maximum atomic E-state index is 0. The van der Waals surface area contributed by atoms with Crippen molar-refractivity contribution in [3.8, 4) is 0 Å². The van der Waals surface area contributed by atoms with E-state index in [4.69, 9.17) is 0 Å². The third-order valence-corrected chi connectivity index (χ3v) is 0. The van der Waals surface area contributed by atoms with E-state index in [-0.39, 0.29) is 138 Å². The fourth-order valence-corrected chi connectivity index (χ4v) is 0. The molecule has 48 valence electrons. The molecule has 0 saturated carbocycles. The van der Waals surface area contributed by atoms with Gasteiger partial charge in [-0.2, -0.15) is 0 Å². The quantitative estimate of drug-likeness (QED) is 0.266. The van der Waals surface area contributed by atoms with Crippen molar-refractivity contribution in [3.05, 3.63) is 0 Å². The fourth-order valence-electron chi connectivity index (χ4n) is 0. The average Bonchev–Trinajstić information content (AvgIpc) is 0. The summed E-state index contributed by atoms with van der Waals surface area (Å²) in [6, 6.07) is 0. The monoisotopic (exact) mass is 718 g/mol. The zero-order chi connectivity index (χ0) is 0. The molecule has 0 aliphatic carbocycles. The van der Waals surface area contributed by atoms with Gasteiger partial charge >= 0.3 is 18.0 Å². The van der Waals surface area contributed by atoms with Crippen molar-refractivity contribution in [3.63, 3.8) is 0 Å². The third kappa shape index (κ3) is 24.1. The molecule has 1 atom stereocenters. The van der Waals surface area contributed by atoms with Crippen LogP contribution in [-0.4, -0.2) is 18.0 Å². The first-order chi connectivity index (χ1) is 0. The van der Waals surface area contributed by atoms with E-state index in [1.165, 1.54) is 0 Å². The van der Waals surface area contributed by atoms with Crippen LogP contribution in [0, 0.1) is 0 Å². The van der Waals surface area contributed by atoms with E-state index in [0.717, 1.165) is 0 Å². The molecule has 0 fully saturated rings. The van der Waals surface area contributed by atoms with Gasteiger partial charge in [0.05, 0.1) is 0 Å². The van der Waals surface area contributed by atoms with Crippen molar-refractivity contribution in [2.24, 2.45) is 0 Å².